The lowest BCUT2D eigenvalue weighted by atomic mass is 9.97. The lowest BCUT2D eigenvalue weighted by Gasteiger charge is -2.33. The topological polar surface area (TPSA) is 63.2 Å². The van der Waals surface area contributed by atoms with Crippen LogP contribution in [-0.2, 0) is 9.53 Å². The van der Waals surface area contributed by atoms with Crippen LogP contribution in [0.15, 0.2) is 29.3 Å². The molecule has 0 amide bonds. The third kappa shape index (κ3) is 7.07. The van der Waals surface area contributed by atoms with E-state index < -0.39 is 0 Å². The number of aliphatic imine (C=N–C) groups is 1. The van der Waals surface area contributed by atoms with Crippen LogP contribution < -0.4 is 10.1 Å². The van der Waals surface area contributed by atoms with Crippen molar-refractivity contribution >= 4 is 11.9 Å². The molecule has 150 valence electrons. The van der Waals surface area contributed by atoms with Crippen molar-refractivity contribution in [3.8, 4) is 5.75 Å². The van der Waals surface area contributed by atoms with E-state index in [0.717, 1.165) is 51.3 Å². The zero-order valence-corrected chi connectivity index (χ0v) is 16.2. The van der Waals surface area contributed by atoms with Gasteiger partial charge in [-0.15, -0.1) is 0 Å². The second-order valence-corrected chi connectivity index (χ2v) is 6.53. The molecule has 0 aliphatic carbocycles. The molecule has 1 aromatic carbocycles. The number of rotatable bonds is 8. The number of carbonyl (C=O) groups is 1. The normalized spacial score (nSPS) is 15.5. The first-order chi connectivity index (χ1) is 13.1. The van der Waals surface area contributed by atoms with Crippen molar-refractivity contribution in [1.82, 2.24) is 10.2 Å². The Bertz CT molecular complexity index is 599. The molecular formula is C20H30FN3O3. The number of esters is 1. The van der Waals surface area contributed by atoms with Crippen molar-refractivity contribution in [2.75, 3.05) is 39.9 Å². The number of nitrogens with one attached hydrogen (secondary N) is 1. The minimum atomic E-state index is -0.261. The Morgan fingerprint density at radius 1 is 1.26 bits per heavy atom. The maximum atomic E-state index is 12.8. The molecule has 1 heterocycles. The van der Waals surface area contributed by atoms with Crippen molar-refractivity contribution in [1.29, 1.82) is 0 Å². The minimum absolute atomic E-state index is 0.00210. The molecule has 1 aliphatic heterocycles. The van der Waals surface area contributed by atoms with E-state index in [2.05, 4.69) is 10.2 Å². The predicted octanol–water partition coefficient (Wildman–Crippen LogP) is 2.84. The molecule has 0 unspecified atom stereocenters. The number of hydrogen-bond donors (Lipinski definition) is 1. The van der Waals surface area contributed by atoms with Crippen LogP contribution in [0.4, 0.5) is 4.39 Å². The van der Waals surface area contributed by atoms with Crippen molar-refractivity contribution < 1.29 is 18.7 Å². The Hall–Kier alpha value is -2.31. The second kappa shape index (κ2) is 11.4. The number of piperidine rings is 1. The zero-order chi connectivity index (χ0) is 19.5. The van der Waals surface area contributed by atoms with E-state index in [9.17, 15) is 9.18 Å². The van der Waals surface area contributed by atoms with Gasteiger partial charge >= 0.3 is 5.97 Å². The van der Waals surface area contributed by atoms with Crippen LogP contribution in [0.2, 0.25) is 0 Å². The van der Waals surface area contributed by atoms with E-state index in [1.807, 2.05) is 6.92 Å². The van der Waals surface area contributed by atoms with Gasteiger partial charge in [0.05, 0.1) is 19.6 Å². The zero-order valence-electron chi connectivity index (χ0n) is 16.2. The quantitative estimate of drug-likeness (QED) is 0.326. The molecule has 6 nitrogen and oxygen atoms in total. The second-order valence-electron chi connectivity index (χ2n) is 6.53. The van der Waals surface area contributed by atoms with Crippen LogP contribution >= 0.6 is 0 Å². The van der Waals surface area contributed by atoms with Gasteiger partial charge in [-0.2, -0.15) is 0 Å². The van der Waals surface area contributed by atoms with Crippen LogP contribution in [0.1, 0.15) is 32.6 Å². The molecule has 1 aliphatic rings. The smallest absolute Gasteiger partial charge is 0.308 e. The monoisotopic (exact) mass is 379 g/mol. The Balaban J connectivity index is 1.70. The number of unbranched alkanes of at least 4 members (excludes halogenated alkanes) is 1. The highest BCUT2D eigenvalue weighted by atomic mass is 19.1. The summed E-state index contributed by atoms with van der Waals surface area (Å²) in [5, 5.41) is 3.33. The van der Waals surface area contributed by atoms with Gasteiger partial charge in [-0.1, -0.05) is 0 Å². The highest BCUT2D eigenvalue weighted by Gasteiger charge is 2.26. The maximum Gasteiger partial charge on any atom is 0.308 e. The number of halogens is 1. The summed E-state index contributed by atoms with van der Waals surface area (Å²) in [6.45, 7) is 5.77. The van der Waals surface area contributed by atoms with E-state index >= 15 is 0 Å². The van der Waals surface area contributed by atoms with E-state index in [4.69, 9.17) is 14.5 Å². The summed E-state index contributed by atoms with van der Waals surface area (Å²) in [6.07, 6.45) is 3.38. The fourth-order valence-corrected chi connectivity index (χ4v) is 3.04. The summed E-state index contributed by atoms with van der Waals surface area (Å²) in [5.74, 6) is 1.21. The summed E-state index contributed by atoms with van der Waals surface area (Å²) < 4.78 is 23.3. The summed E-state index contributed by atoms with van der Waals surface area (Å²) in [4.78, 5) is 18.5. The molecule has 0 radical (unpaired) electrons. The third-order valence-corrected chi connectivity index (χ3v) is 4.56. The van der Waals surface area contributed by atoms with Gasteiger partial charge in [0.2, 0.25) is 0 Å². The van der Waals surface area contributed by atoms with E-state index in [0.29, 0.717) is 18.9 Å². The van der Waals surface area contributed by atoms with Gasteiger partial charge in [-0.3, -0.25) is 9.79 Å². The summed E-state index contributed by atoms with van der Waals surface area (Å²) in [7, 11) is 1.44. The molecule has 1 fully saturated rings. The van der Waals surface area contributed by atoms with Gasteiger partial charge in [0.25, 0.3) is 0 Å². The summed E-state index contributed by atoms with van der Waals surface area (Å²) in [5.41, 5.74) is 0. The van der Waals surface area contributed by atoms with Gasteiger partial charge in [0.1, 0.15) is 11.6 Å². The molecular weight excluding hydrogens is 349 g/mol. The lowest BCUT2D eigenvalue weighted by Crippen LogP contribution is -2.46. The van der Waals surface area contributed by atoms with Gasteiger partial charge in [-0.05, 0) is 56.9 Å². The first-order valence-electron chi connectivity index (χ1n) is 9.63. The molecule has 0 saturated carbocycles. The first-order valence-corrected chi connectivity index (χ1v) is 9.63. The van der Waals surface area contributed by atoms with E-state index in [1.165, 1.54) is 19.2 Å². The number of guanidine groups is 1. The molecule has 1 N–H and O–H groups in total. The number of carbonyl (C=O) groups excluding carboxylic acids is 1. The Morgan fingerprint density at radius 2 is 1.96 bits per heavy atom. The molecule has 27 heavy (non-hydrogen) atoms. The Labute approximate surface area is 160 Å². The molecule has 0 aromatic heterocycles. The SMILES string of the molecule is CCNC(=NCCCCOc1ccc(F)cc1)N1CCC(C(=O)OC)CC1. The first kappa shape index (κ1) is 21.0. The number of benzene rings is 1. The highest BCUT2D eigenvalue weighted by Crippen LogP contribution is 2.18. The van der Waals surface area contributed by atoms with Crippen LogP contribution in [0, 0.1) is 11.7 Å². The number of nitrogens with zero attached hydrogens (tertiary/aromatic N) is 2. The average molecular weight is 379 g/mol. The average Bonchev–Trinajstić information content (AvgIpc) is 2.70. The lowest BCUT2D eigenvalue weighted by molar-refractivity contribution is -0.146. The van der Waals surface area contributed by atoms with Crippen LogP contribution in [0.25, 0.3) is 0 Å². The largest absolute Gasteiger partial charge is 0.494 e. The predicted molar refractivity (Wildman–Crippen MR) is 103 cm³/mol. The highest BCUT2D eigenvalue weighted by molar-refractivity contribution is 5.80. The molecule has 0 spiro atoms. The number of likely N-dealkylation sites (tertiary alicyclic amines) is 1. The molecule has 7 heteroatoms. The maximum absolute atomic E-state index is 12.8. The van der Waals surface area contributed by atoms with Gasteiger partial charge in [0, 0.05) is 26.2 Å². The number of methoxy groups -OCH3 is 1. The number of hydrogen-bond acceptors (Lipinski definition) is 4. The Morgan fingerprint density at radius 3 is 2.59 bits per heavy atom. The third-order valence-electron chi connectivity index (χ3n) is 4.56. The molecule has 1 saturated heterocycles. The van der Waals surface area contributed by atoms with Crippen molar-refractivity contribution in [2.24, 2.45) is 10.9 Å². The molecule has 0 atom stereocenters. The fourth-order valence-electron chi connectivity index (χ4n) is 3.04. The summed E-state index contributed by atoms with van der Waals surface area (Å²) >= 11 is 0. The fraction of sp³-hybridized carbons (Fsp3) is 0.600. The summed E-state index contributed by atoms with van der Waals surface area (Å²) in [6, 6.07) is 6.06. The van der Waals surface area contributed by atoms with Gasteiger partial charge in [-0.25, -0.2) is 4.39 Å². The number of ether oxygens (including phenoxy) is 2. The van der Waals surface area contributed by atoms with Crippen LogP contribution in [-0.4, -0.2) is 56.7 Å². The minimum Gasteiger partial charge on any atom is -0.494 e. The van der Waals surface area contributed by atoms with Gasteiger partial charge < -0.3 is 19.7 Å². The van der Waals surface area contributed by atoms with Crippen molar-refractivity contribution in [2.45, 2.75) is 32.6 Å². The molecule has 2 rings (SSSR count). The van der Waals surface area contributed by atoms with E-state index in [-0.39, 0.29) is 17.7 Å². The van der Waals surface area contributed by atoms with Crippen LogP contribution in [0.5, 0.6) is 5.75 Å². The van der Waals surface area contributed by atoms with Crippen LogP contribution in [0.3, 0.4) is 0 Å². The van der Waals surface area contributed by atoms with Crippen molar-refractivity contribution in [3.63, 3.8) is 0 Å². The van der Waals surface area contributed by atoms with Crippen molar-refractivity contribution in [3.05, 3.63) is 30.1 Å². The standard InChI is InChI=1S/C20H30FN3O3/c1-3-22-20(24-13-10-16(11-14-24)19(25)26-2)23-12-4-5-15-27-18-8-6-17(21)7-9-18/h6-9,16H,3-5,10-15H2,1-2H3,(H,22,23). The van der Waals surface area contributed by atoms with Gasteiger partial charge in [0.15, 0.2) is 5.96 Å². The molecule has 1 aromatic rings. The van der Waals surface area contributed by atoms with E-state index in [1.54, 1.807) is 12.1 Å². The Kier molecular flexibility index (Phi) is 8.87. The molecule has 0 bridgehead atoms.